The summed E-state index contributed by atoms with van der Waals surface area (Å²) in [5.41, 5.74) is 1.94. The molecule has 0 bridgehead atoms. The first-order chi connectivity index (χ1) is 11.9. The molecule has 2 aromatic rings. The fourth-order valence-corrected chi connectivity index (χ4v) is 2.71. The lowest BCUT2D eigenvalue weighted by molar-refractivity contribution is 0.102. The lowest BCUT2D eigenvalue weighted by Crippen LogP contribution is -2.45. The van der Waals surface area contributed by atoms with Crippen LogP contribution in [0.25, 0.3) is 0 Å². The van der Waals surface area contributed by atoms with Crippen LogP contribution in [-0.4, -0.2) is 54.0 Å². The maximum Gasteiger partial charge on any atom is 0.259 e. The molecule has 1 amide bonds. The Morgan fingerprint density at radius 3 is 2.56 bits per heavy atom. The molecule has 1 aliphatic rings. The highest BCUT2D eigenvalue weighted by Crippen LogP contribution is 2.17. The zero-order valence-corrected chi connectivity index (χ0v) is 14.7. The summed E-state index contributed by atoms with van der Waals surface area (Å²) in [5, 5.41) is 2.69. The highest BCUT2D eigenvalue weighted by atomic mass is 19.1. The highest BCUT2D eigenvalue weighted by Gasteiger charge is 2.19. The number of carbonyl (C=O) groups excluding carboxylic acids is 1. The Morgan fingerprint density at radius 1 is 1.20 bits per heavy atom. The molecule has 0 saturated carbocycles. The normalized spacial score (nSPS) is 15.3. The van der Waals surface area contributed by atoms with Crippen molar-refractivity contribution in [3.05, 3.63) is 47.0 Å². The fraction of sp³-hybridized carbons (Fsp3) is 0.389. The fourth-order valence-electron chi connectivity index (χ4n) is 2.71. The number of amides is 1. The topological polar surface area (TPSA) is 61.4 Å². The van der Waals surface area contributed by atoms with Crippen molar-refractivity contribution in [3.63, 3.8) is 0 Å². The van der Waals surface area contributed by atoms with Crippen LogP contribution in [0.1, 0.15) is 21.6 Å². The molecule has 6 nitrogen and oxygen atoms in total. The molecule has 3 rings (SSSR count). The summed E-state index contributed by atoms with van der Waals surface area (Å²) in [6, 6.07) is 4.61. The second kappa shape index (κ2) is 7.14. The molecule has 0 unspecified atom stereocenters. The zero-order valence-electron chi connectivity index (χ0n) is 14.7. The summed E-state index contributed by atoms with van der Waals surface area (Å²) < 4.78 is 13.6. The van der Waals surface area contributed by atoms with Gasteiger partial charge in [0.2, 0.25) is 5.95 Å². The number of anilines is 2. The SMILES string of the molecule is Cc1ccc(NC(=O)c2cnc(N3CCN(C)CC3)nc2C)cc1F. The summed E-state index contributed by atoms with van der Waals surface area (Å²) >= 11 is 0. The van der Waals surface area contributed by atoms with Gasteiger partial charge in [-0.25, -0.2) is 14.4 Å². The van der Waals surface area contributed by atoms with Gasteiger partial charge in [0, 0.05) is 38.1 Å². The van der Waals surface area contributed by atoms with Crippen molar-refractivity contribution in [3.8, 4) is 0 Å². The molecule has 1 N–H and O–H groups in total. The van der Waals surface area contributed by atoms with Gasteiger partial charge in [-0.2, -0.15) is 0 Å². The number of hydrogen-bond acceptors (Lipinski definition) is 5. The average molecular weight is 343 g/mol. The molecule has 2 heterocycles. The third kappa shape index (κ3) is 3.93. The van der Waals surface area contributed by atoms with Gasteiger partial charge in [0.1, 0.15) is 5.82 Å². The summed E-state index contributed by atoms with van der Waals surface area (Å²) in [6.07, 6.45) is 1.54. The Morgan fingerprint density at radius 2 is 1.92 bits per heavy atom. The third-order valence-corrected chi connectivity index (χ3v) is 4.43. The average Bonchev–Trinajstić information content (AvgIpc) is 2.58. The molecular formula is C18H22FN5O. The van der Waals surface area contributed by atoms with E-state index in [1.165, 1.54) is 12.3 Å². The number of halogens is 1. The van der Waals surface area contributed by atoms with Crippen LogP contribution >= 0.6 is 0 Å². The van der Waals surface area contributed by atoms with Gasteiger partial charge < -0.3 is 15.1 Å². The van der Waals surface area contributed by atoms with E-state index in [-0.39, 0.29) is 11.7 Å². The van der Waals surface area contributed by atoms with Crippen molar-refractivity contribution >= 4 is 17.5 Å². The van der Waals surface area contributed by atoms with Crippen LogP contribution < -0.4 is 10.2 Å². The molecule has 0 radical (unpaired) electrons. The van der Waals surface area contributed by atoms with E-state index in [1.807, 2.05) is 0 Å². The maximum absolute atomic E-state index is 13.6. The minimum absolute atomic E-state index is 0.342. The zero-order chi connectivity index (χ0) is 18.0. The Balaban J connectivity index is 1.73. The Kier molecular flexibility index (Phi) is 4.94. The van der Waals surface area contributed by atoms with Crippen LogP contribution in [0.15, 0.2) is 24.4 Å². The molecule has 132 valence electrons. The summed E-state index contributed by atoms with van der Waals surface area (Å²) in [6.45, 7) is 7.11. The molecule has 1 fully saturated rings. The predicted octanol–water partition coefficient (Wildman–Crippen LogP) is 2.24. The van der Waals surface area contributed by atoms with Crippen molar-refractivity contribution in [2.75, 3.05) is 43.4 Å². The van der Waals surface area contributed by atoms with E-state index in [4.69, 9.17) is 0 Å². The predicted molar refractivity (Wildman–Crippen MR) is 95.6 cm³/mol. The van der Waals surface area contributed by atoms with Gasteiger partial charge in [-0.1, -0.05) is 6.07 Å². The van der Waals surface area contributed by atoms with Crippen LogP contribution in [0.4, 0.5) is 16.0 Å². The Hall–Kier alpha value is -2.54. The molecule has 0 aliphatic carbocycles. The number of nitrogens with zero attached hydrogens (tertiary/aromatic N) is 4. The Bertz CT molecular complexity index is 787. The van der Waals surface area contributed by atoms with Crippen molar-refractivity contribution in [1.82, 2.24) is 14.9 Å². The molecule has 1 saturated heterocycles. The first-order valence-electron chi connectivity index (χ1n) is 8.28. The number of benzene rings is 1. The minimum Gasteiger partial charge on any atom is -0.338 e. The first kappa shape index (κ1) is 17.3. The lowest BCUT2D eigenvalue weighted by atomic mass is 10.2. The van der Waals surface area contributed by atoms with Crippen molar-refractivity contribution in [2.45, 2.75) is 13.8 Å². The van der Waals surface area contributed by atoms with Crippen molar-refractivity contribution < 1.29 is 9.18 Å². The van der Waals surface area contributed by atoms with Gasteiger partial charge in [0.15, 0.2) is 0 Å². The van der Waals surface area contributed by atoms with Gasteiger partial charge >= 0.3 is 0 Å². The molecule has 25 heavy (non-hydrogen) atoms. The van der Waals surface area contributed by atoms with Gasteiger partial charge in [0.05, 0.1) is 11.3 Å². The number of nitrogens with one attached hydrogen (secondary N) is 1. The molecule has 7 heteroatoms. The van der Waals surface area contributed by atoms with Crippen LogP contribution in [-0.2, 0) is 0 Å². The monoisotopic (exact) mass is 343 g/mol. The van der Waals surface area contributed by atoms with E-state index in [0.717, 1.165) is 26.2 Å². The van der Waals surface area contributed by atoms with E-state index in [9.17, 15) is 9.18 Å². The number of aromatic nitrogens is 2. The molecule has 1 aromatic heterocycles. The van der Waals surface area contributed by atoms with E-state index in [1.54, 1.807) is 26.0 Å². The quantitative estimate of drug-likeness (QED) is 0.926. The summed E-state index contributed by atoms with van der Waals surface area (Å²) in [4.78, 5) is 25.6. The summed E-state index contributed by atoms with van der Waals surface area (Å²) in [7, 11) is 2.09. The summed E-state index contributed by atoms with van der Waals surface area (Å²) in [5.74, 6) is -0.0506. The highest BCUT2D eigenvalue weighted by molar-refractivity contribution is 6.04. The van der Waals surface area contributed by atoms with Gasteiger partial charge in [0.25, 0.3) is 5.91 Å². The van der Waals surface area contributed by atoms with Gasteiger partial charge in [-0.15, -0.1) is 0 Å². The molecular weight excluding hydrogens is 321 g/mol. The number of piperazine rings is 1. The van der Waals surface area contributed by atoms with Gasteiger partial charge in [-0.3, -0.25) is 4.79 Å². The first-order valence-corrected chi connectivity index (χ1v) is 8.28. The lowest BCUT2D eigenvalue weighted by Gasteiger charge is -2.32. The number of rotatable bonds is 3. The molecule has 0 atom stereocenters. The van der Waals surface area contributed by atoms with Crippen LogP contribution in [0.3, 0.4) is 0 Å². The van der Waals surface area contributed by atoms with E-state index < -0.39 is 0 Å². The maximum atomic E-state index is 13.6. The number of hydrogen-bond donors (Lipinski definition) is 1. The van der Waals surface area contributed by atoms with Gasteiger partial charge in [-0.05, 0) is 38.6 Å². The second-order valence-corrected chi connectivity index (χ2v) is 6.38. The molecule has 1 aliphatic heterocycles. The van der Waals surface area contributed by atoms with E-state index in [2.05, 4.69) is 32.1 Å². The van der Waals surface area contributed by atoms with Crippen LogP contribution in [0.5, 0.6) is 0 Å². The number of carbonyl (C=O) groups is 1. The molecule has 1 aromatic carbocycles. The number of aryl methyl sites for hydroxylation is 2. The van der Waals surface area contributed by atoms with E-state index >= 15 is 0 Å². The largest absolute Gasteiger partial charge is 0.338 e. The van der Waals surface area contributed by atoms with E-state index in [0.29, 0.717) is 28.5 Å². The minimum atomic E-state index is -0.351. The second-order valence-electron chi connectivity index (χ2n) is 6.38. The van der Waals surface area contributed by atoms with Crippen LogP contribution in [0, 0.1) is 19.7 Å². The standard InChI is InChI=1S/C18H22FN5O/c1-12-4-5-14(10-16(12)19)22-17(25)15-11-20-18(21-13(15)2)24-8-6-23(3)7-9-24/h4-5,10-11H,6-9H2,1-3H3,(H,22,25). The third-order valence-electron chi connectivity index (χ3n) is 4.43. The Labute approximate surface area is 146 Å². The number of likely N-dealkylation sites (N-methyl/N-ethyl adjacent to an activating group) is 1. The van der Waals surface area contributed by atoms with Crippen molar-refractivity contribution in [2.24, 2.45) is 0 Å². The molecule has 0 spiro atoms. The van der Waals surface area contributed by atoms with Crippen molar-refractivity contribution in [1.29, 1.82) is 0 Å². The van der Waals surface area contributed by atoms with Crippen LogP contribution in [0.2, 0.25) is 0 Å². The smallest absolute Gasteiger partial charge is 0.259 e.